The molecule has 0 heterocycles. The van der Waals surface area contributed by atoms with Crippen molar-refractivity contribution in [3.63, 3.8) is 0 Å². The largest absolute Gasteiger partial charge is 0.368 e. The van der Waals surface area contributed by atoms with Crippen molar-refractivity contribution in [1.82, 2.24) is 5.32 Å². The maximum Gasteiger partial charge on any atom is 0.234 e. The van der Waals surface area contributed by atoms with Crippen molar-refractivity contribution in [2.75, 3.05) is 6.54 Å². The predicted molar refractivity (Wildman–Crippen MR) is 53.1 cm³/mol. The summed E-state index contributed by atoms with van der Waals surface area (Å²) in [5.74, 6) is 0.401. The fourth-order valence-electron chi connectivity index (χ4n) is 1.49. The SMILES string of the molecule is CC(NCC1CC=CCC1)C(N)=O. The number of hydrogen-bond acceptors (Lipinski definition) is 2. The third kappa shape index (κ3) is 3.59. The molecule has 1 aliphatic rings. The first-order chi connectivity index (χ1) is 6.20. The van der Waals surface area contributed by atoms with Gasteiger partial charge in [0.25, 0.3) is 0 Å². The van der Waals surface area contributed by atoms with Gasteiger partial charge in [-0.3, -0.25) is 4.79 Å². The lowest BCUT2D eigenvalue weighted by atomic mass is 9.94. The zero-order chi connectivity index (χ0) is 9.68. The molecule has 0 radical (unpaired) electrons. The Labute approximate surface area is 79.4 Å². The van der Waals surface area contributed by atoms with Gasteiger partial charge in [-0.05, 0) is 38.6 Å². The van der Waals surface area contributed by atoms with E-state index < -0.39 is 0 Å². The summed E-state index contributed by atoms with van der Waals surface area (Å²) in [7, 11) is 0. The summed E-state index contributed by atoms with van der Waals surface area (Å²) in [6, 6.07) is -0.203. The highest BCUT2D eigenvalue weighted by molar-refractivity contribution is 5.79. The van der Waals surface area contributed by atoms with E-state index in [9.17, 15) is 4.79 Å². The van der Waals surface area contributed by atoms with Crippen LogP contribution in [0.1, 0.15) is 26.2 Å². The van der Waals surface area contributed by atoms with Gasteiger partial charge in [0.05, 0.1) is 6.04 Å². The monoisotopic (exact) mass is 182 g/mol. The first-order valence-electron chi connectivity index (χ1n) is 4.88. The summed E-state index contributed by atoms with van der Waals surface area (Å²) < 4.78 is 0. The molecular formula is C10H18N2O. The smallest absolute Gasteiger partial charge is 0.234 e. The van der Waals surface area contributed by atoms with Gasteiger partial charge in [-0.15, -0.1) is 0 Å². The first-order valence-corrected chi connectivity index (χ1v) is 4.88. The van der Waals surface area contributed by atoms with Crippen LogP contribution in [0.3, 0.4) is 0 Å². The number of rotatable bonds is 4. The number of hydrogen-bond donors (Lipinski definition) is 2. The zero-order valence-electron chi connectivity index (χ0n) is 8.12. The molecular weight excluding hydrogens is 164 g/mol. The van der Waals surface area contributed by atoms with Crippen LogP contribution in [-0.2, 0) is 4.79 Å². The summed E-state index contributed by atoms with van der Waals surface area (Å²) >= 11 is 0. The summed E-state index contributed by atoms with van der Waals surface area (Å²) in [6.45, 7) is 2.70. The summed E-state index contributed by atoms with van der Waals surface area (Å²) in [6.07, 6.45) is 7.93. The molecule has 1 rings (SSSR count). The number of amides is 1. The van der Waals surface area contributed by atoms with E-state index in [1.54, 1.807) is 6.92 Å². The topological polar surface area (TPSA) is 55.1 Å². The predicted octanol–water partition coefficient (Wildman–Crippen LogP) is 0.806. The molecule has 74 valence electrons. The summed E-state index contributed by atoms with van der Waals surface area (Å²) in [5.41, 5.74) is 5.14. The Balaban J connectivity index is 2.18. The van der Waals surface area contributed by atoms with E-state index in [0.717, 1.165) is 19.4 Å². The lowest BCUT2D eigenvalue weighted by Crippen LogP contribution is -2.41. The molecule has 0 aliphatic heterocycles. The average molecular weight is 182 g/mol. The summed E-state index contributed by atoms with van der Waals surface area (Å²) in [4.78, 5) is 10.7. The molecule has 0 fully saturated rings. The minimum absolute atomic E-state index is 0.203. The average Bonchev–Trinajstić information content (AvgIpc) is 2.15. The van der Waals surface area contributed by atoms with Crippen molar-refractivity contribution < 1.29 is 4.79 Å². The van der Waals surface area contributed by atoms with Crippen molar-refractivity contribution in [3.05, 3.63) is 12.2 Å². The Morgan fingerprint density at radius 2 is 2.46 bits per heavy atom. The second-order valence-corrected chi connectivity index (χ2v) is 3.68. The lowest BCUT2D eigenvalue weighted by Gasteiger charge is -2.19. The van der Waals surface area contributed by atoms with Crippen LogP contribution < -0.4 is 11.1 Å². The molecule has 2 atom stereocenters. The van der Waals surface area contributed by atoms with E-state index in [4.69, 9.17) is 5.73 Å². The first kappa shape index (κ1) is 10.3. The molecule has 1 aliphatic carbocycles. The van der Waals surface area contributed by atoms with Crippen LogP contribution in [-0.4, -0.2) is 18.5 Å². The molecule has 0 aromatic rings. The highest BCUT2D eigenvalue weighted by atomic mass is 16.1. The quantitative estimate of drug-likeness (QED) is 0.632. The minimum Gasteiger partial charge on any atom is -0.368 e. The van der Waals surface area contributed by atoms with E-state index in [2.05, 4.69) is 17.5 Å². The Morgan fingerprint density at radius 3 is 3.00 bits per heavy atom. The third-order valence-electron chi connectivity index (χ3n) is 2.52. The minimum atomic E-state index is -0.272. The molecule has 3 heteroatoms. The van der Waals surface area contributed by atoms with Gasteiger partial charge in [0.2, 0.25) is 5.91 Å². The van der Waals surface area contributed by atoms with Gasteiger partial charge >= 0.3 is 0 Å². The molecule has 0 bridgehead atoms. The second-order valence-electron chi connectivity index (χ2n) is 3.68. The van der Waals surface area contributed by atoms with Gasteiger partial charge in [0.15, 0.2) is 0 Å². The molecule has 0 saturated carbocycles. The van der Waals surface area contributed by atoms with Crippen LogP contribution >= 0.6 is 0 Å². The van der Waals surface area contributed by atoms with Gasteiger partial charge in [-0.1, -0.05) is 12.2 Å². The van der Waals surface area contributed by atoms with Gasteiger partial charge < -0.3 is 11.1 Å². The third-order valence-corrected chi connectivity index (χ3v) is 2.52. The molecule has 2 unspecified atom stereocenters. The standard InChI is InChI=1S/C10H18N2O/c1-8(10(11)13)12-7-9-5-3-2-4-6-9/h2-3,8-9,12H,4-7H2,1H3,(H2,11,13). The fraction of sp³-hybridized carbons (Fsp3) is 0.700. The Bertz CT molecular complexity index is 201. The van der Waals surface area contributed by atoms with Crippen LogP contribution in [0.15, 0.2) is 12.2 Å². The number of carbonyl (C=O) groups is 1. The molecule has 0 aromatic heterocycles. The molecule has 3 N–H and O–H groups in total. The Kier molecular flexibility index (Phi) is 3.96. The van der Waals surface area contributed by atoms with Crippen LogP contribution in [0.5, 0.6) is 0 Å². The van der Waals surface area contributed by atoms with E-state index in [-0.39, 0.29) is 11.9 Å². The van der Waals surface area contributed by atoms with Gasteiger partial charge in [0, 0.05) is 0 Å². The van der Waals surface area contributed by atoms with Crippen LogP contribution in [0.4, 0.5) is 0 Å². The van der Waals surface area contributed by atoms with Crippen LogP contribution in [0, 0.1) is 5.92 Å². The maximum atomic E-state index is 10.7. The van der Waals surface area contributed by atoms with Crippen molar-refractivity contribution in [1.29, 1.82) is 0 Å². The van der Waals surface area contributed by atoms with E-state index in [1.165, 1.54) is 6.42 Å². The Hall–Kier alpha value is -0.830. The van der Waals surface area contributed by atoms with Gasteiger partial charge in [0.1, 0.15) is 0 Å². The Morgan fingerprint density at radius 1 is 1.69 bits per heavy atom. The van der Waals surface area contributed by atoms with Crippen molar-refractivity contribution >= 4 is 5.91 Å². The fourth-order valence-corrected chi connectivity index (χ4v) is 1.49. The normalized spacial score (nSPS) is 24.2. The molecule has 0 spiro atoms. The maximum absolute atomic E-state index is 10.7. The van der Waals surface area contributed by atoms with Crippen LogP contribution in [0.2, 0.25) is 0 Å². The molecule has 0 saturated heterocycles. The zero-order valence-corrected chi connectivity index (χ0v) is 8.12. The number of allylic oxidation sites excluding steroid dienone is 2. The van der Waals surface area contributed by atoms with Crippen molar-refractivity contribution in [2.24, 2.45) is 11.7 Å². The van der Waals surface area contributed by atoms with Crippen LogP contribution in [0.25, 0.3) is 0 Å². The summed E-state index contributed by atoms with van der Waals surface area (Å²) in [5, 5.41) is 3.14. The molecule has 3 nitrogen and oxygen atoms in total. The molecule has 1 amide bonds. The number of nitrogens with one attached hydrogen (secondary N) is 1. The van der Waals surface area contributed by atoms with Gasteiger partial charge in [-0.25, -0.2) is 0 Å². The highest BCUT2D eigenvalue weighted by Crippen LogP contribution is 2.16. The number of carbonyl (C=O) groups excluding carboxylic acids is 1. The molecule has 13 heavy (non-hydrogen) atoms. The molecule has 0 aromatic carbocycles. The van der Waals surface area contributed by atoms with E-state index >= 15 is 0 Å². The van der Waals surface area contributed by atoms with Crippen molar-refractivity contribution in [2.45, 2.75) is 32.2 Å². The van der Waals surface area contributed by atoms with Gasteiger partial charge in [-0.2, -0.15) is 0 Å². The van der Waals surface area contributed by atoms with Crippen molar-refractivity contribution in [3.8, 4) is 0 Å². The lowest BCUT2D eigenvalue weighted by molar-refractivity contribution is -0.119. The van der Waals surface area contributed by atoms with E-state index in [1.807, 2.05) is 0 Å². The highest BCUT2D eigenvalue weighted by Gasteiger charge is 2.13. The number of primary amides is 1. The van der Waals surface area contributed by atoms with E-state index in [0.29, 0.717) is 5.92 Å². The number of nitrogens with two attached hydrogens (primary N) is 1. The second kappa shape index (κ2) is 5.02.